The van der Waals surface area contributed by atoms with Crippen molar-refractivity contribution in [1.82, 2.24) is 14.9 Å². The molecule has 0 unspecified atom stereocenters. The zero-order chi connectivity index (χ0) is 19.5. The number of amides is 1. The van der Waals surface area contributed by atoms with Gasteiger partial charge in [0.1, 0.15) is 23.2 Å². The van der Waals surface area contributed by atoms with Crippen LogP contribution >= 0.6 is 0 Å². The van der Waals surface area contributed by atoms with Gasteiger partial charge in [0.15, 0.2) is 0 Å². The number of ether oxygens (including phenoxy) is 1. The summed E-state index contributed by atoms with van der Waals surface area (Å²) in [6, 6.07) is 15.1. The van der Waals surface area contributed by atoms with E-state index in [1.54, 1.807) is 19.6 Å². The topological polar surface area (TPSA) is 69.3 Å². The number of furan rings is 1. The van der Waals surface area contributed by atoms with E-state index in [0.29, 0.717) is 5.58 Å². The van der Waals surface area contributed by atoms with E-state index < -0.39 is 0 Å². The van der Waals surface area contributed by atoms with E-state index in [4.69, 9.17) is 9.15 Å². The molecule has 0 bridgehead atoms. The normalized spacial score (nSPS) is 12.1. The van der Waals surface area contributed by atoms with Crippen LogP contribution in [0.15, 0.2) is 71.6 Å². The first-order valence-electron chi connectivity index (χ1n) is 9.01. The quantitative estimate of drug-likeness (QED) is 0.559. The van der Waals surface area contributed by atoms with Gasteiger partial charge >= 0.3 is 0 Å². The molecule has 2 heterocycles. The molecule has 2 aromatic carbocycles. The molecule has 28 heavy (non-hydrogen) atoms. The number of hydrogen-bond acceptors (Lipinski definition) is 4. The zero-order valence-corrected chi connectivity index (χ0v) is 15.8. The van der Waals surface area contributed by atoms with Gasteiger partial charge < -0.3 is 19.0 Å². The van der Waals surface area contributed by atoms with E-state index in [-0.39, 0.29) is 18.4 Å². The SMILES string of the molecule is COc1ccc2c(CC(=O)N[C@H](c3ccccc3)c3nccn3C)coc2c1. The molecule has 0 saturated carbocycles. The van der Waals surface area contributed by atoms with Crippen molar-refractivity contribution in [3.05, 3.63) is 84.1 Å². The maximum atomic E-state index is 12.9. The minimum Gasteiger partial charge on any atom is -0.497 e. The Morgan fingerprint density at radius 1 is 1.25 bits per heavy atom. The summed E-state index contributed by atoms with van der Waals surface area (Å²) in [4.78, 5) is 17.3. The first-order chi connectivity index (χ1) is 13.7. The van der Waals surface area contributed by atoms with Crippen LogP contribution in [0, 0.1) is 0 Å². The summed E-state index contributed by atoms with van der Waals surface area (Å²) in [5, 5.41) is 4.02. The highest BCUT2D eigenvalue weighted by molar-refractivity contribution is 5.88. The molecule has 0 aliphatic rings. The third-order valence-electron chi connectivity index (χ3n) is 4.77. The monoisotopic (exact) mass is 375 g/mol. The van der Waals surface area contributed by atoms with Crippen LogP contribution in [0.5, 0.6) is 5.75 Å². The Hall–Kier alpha value is -3.54. The van der Waals surface area contributed by atoms with Gasteiger partial charge in [0.2, 0.25) is 5.91 Å². The number of methoxy groups -OCH3 is 1. The summed E-state index contributed by atoms with van der Waals surface area (Å²) in [5.41, 5.74) is 2.51. The molecule has 0 radical (unpaired) electrons. The molecular weight excluding hydrogens is 354 g/mol. The average molecular weight is 375 g/mol. The van der Waals surface area contributed by atoms with Crippen LogP contribution in [-0.2, 0) is 18.3 Å². The second-order valence-electron chi connectivity index (χ2n) is 6.61. The number of aryl methyl sites for hydroxylation is 1. The Morgan fingerprint density at radius 2 is 2.07 bits per heavy atom. The van der Waals surface area contributed by atoms with Crippen LogP contribution in [0.3, 0.4) is 0 Å². The van der Waals surface area contributed by atoms with E-state index >= 15 is 0 Å². The Morgan fingerprint density at radius 3 is 2.79 bits per heavy atom. The van der Waals surface area contributed by atoms with Gasteiger partial charge in [0.05, 0.1) is 19.8 Å². The lowest BCUT2D eigenvalue weighted by Crippen LogP contribution is -2.32. The average Bonchev–Trinajstić information content (AvgIpc) is 3.32. The second-order valence-corrected chi connectivity index (χ2v) is 6.61. The lowest BCUT2D eigenvalue weighted by atomic mass is 10.0. The van der Waals surface area contributed by atoms with Gasteiger partial charge in [-0.25, -0.2) is 4.98 Å². The van der Waals surface area contributed by atoms with Crippen molar-refractivity contribution in [2.75, 3.05) is 7.11 Å². The summed E-state index contributed by atoms with van der Waals surface area (Å²) in [6.45, 7) is 0. The van der Waals surface area contributed by atoms with E-state index in [1.165, 1.54) is 0 Å². The molecule has 1 N–H and O–H groups in total. The molecule has 0 aliphatic carbocycles. The summed E-state index contributed by atoms with van der Waals surface area (Å²) >= 11 is 0. The summed E-state index contributed by atoms with van der Waals surface area (Å²) in [5.74, 6) is 1.40. The third kappa shape index (κ3) is 3.49. The predicted octanol–water partition coefficient (Wildman–Crippen LogP) is 3.62. The standard InChI is InChI=1S/C22H21N3O3/c1-25-11-10-23-22(25)21(15-6-4-3-5-7-15)24-20(26)12-16-14-28-19-13-17(27-2)8-9-18(16)19/h3-11,13-14,21H,12H2,1-2H3,(H,24,26)/t21-/m1/s1. The number of carbonyl (C=O) groups is 1. The number of fused-ring (bicyclic) bond motifs is 1. The predicted molar refractivity (Wildman–Crippen MR) is 106 cm³/mol. The lowest BCUT2D eigenvalue weighted by molar-refractivity contribution is -0.121. The van der Waals surface area contributed by atoms with Crippen molar-refractivity contribution >= 4 is 16.9 Å². The number of nitrogens with zero attached hydrogens (tertiary/aromatic N) is 2. The number of nitrogens with one attached hydrogen (secondary N) is 1. The molecule has 0 saturated heterocycles. The smallest absolute Gasteiger partial charge is 0.225 e. The molecule has 1 atom stereocenters. The lowest BCUT2D eigenvalue weighted by Gasteiger charge is -2.19. The molecule has 142 valence electrons. The van der Waals surface area contributed by atoms with Crippen LogP contribution in [0.2, 0.25) is 0 Å². The Labute approximate surface area is 162 Å². The van der Waals surface area contributed by atoms with Gasteiger partial charge in [-0.1, -0.05) is 30.3 Å². The highest BCUT2D eigenvalue weighted by atomic mass is 16.5. The van der Waals surface area contributed by atoms with Gasteiger partial charge in [0.25, 0.3) is 0 Å². The molecule has 6 nitrogen and oxygen atoms in total. The number of aromatic nitrogens is 2. The highest BCUT2D eigenvalue weighted by Crippen LogP contribution is 2.26. The first-order valence-corrected chi connectivity index (χ1v) is 9.01. The zero-order valence-electron chi connectivity index (χ0n) is 15.8. The Kier molecular flexibility index (Phi) is 4.85. The number of benzene rings is 2. The third-order valence-corrected chi connectivity index (χ3v) is 4.77. The fourth-order valence-electron chi connectivity index (χ4n) is 3.31. The largest absolute Gasteiger partial charge is 0.497 e. The van der Waals surface area contributed by atoms with Crippen molar-refractivity contribution < 1.29 is 13.9 Å². The van der Waals surface area contributed by atoms with Crippen LogP contribution in [-0.4, -0.2) is 22.6 Å². The van der Waals surface area contributed by atoms with Gasteiger partial charge in [0, 0.05) is 36.5 Å². The van der Waals surface area contributed by atoms with E-state index in [9.17, 15) is 4.79 Å². The second kappa shape index (κ2) is 7.60. The van der Waals surface area contributed by atoms with Gasteiger partial charge in [-0.3, -0.25) is 4.79 Å². The minimum absolute atomic E-state index is 0.102. The highest BCUT2D eigenvalue weighted by Gasteiger charge is 2.21. The first kappa shape index (κ1) is 17.9. The van der Waals surface area contributed by atoms with Crippen molar-refractivity contribution in [3.8, 4) is 5.75 Å². The Balaban J connectivity index is 1.58. The molecule has 2 aromatic heterocycles. The van der Waals surface area contributed by atoms with E-state index in [1.807, 2.05) is 66.3 Å². The van der Waals surface area contributed by atoms with Crippen LogP contribution < -0.4 is 10.1 Å². The van der Waals surface area contributed by atoms with Crippen molar-refractivity contribution in [2.24, 2.45) is 7.05 Å². The van der Waals surface area contributed by atoms with Crippen LogP contribution in [0.1, 0.15) is 23.0 Å². The van der Waals surface area contributed by atoms with Crippen molar-refractivity contribution in [3.63, 3.8) is 0 Å². The van der Waals surface area contributed by atoms with Crippen LogP contribution in [0.4, 0.5) is 0 Å². The molecule has 1 amide bonds. The maximum absolute atomic E-state index is 12.9. The van der Waals surface area contributed by atoms with Crippen molar-refractivity contribution in [2.45, 2.75) is 12.5 Å². The summed E-state index contributed by atoms with van der Waals surface area (Å²) in [7, 11) is 3.53. The van der Waals surface area contributed by atoms with Gasteiger partial charge in [-0.05, 0) is 17.7 Å². The molecule has 4 aromatic rings. The summed E-state index contributed by atoms with van der Waals surface area (Å²) < 4.78 is 12.7. The molecular formula is C22H21N3O3. The van der Waals surface area contributed by atoms with Crippen molar-refractivity contribution in [1.29, 1.82) is 0 Å². The van der Waals surface area contributed by atoms with Gasteiger partial charge in [-0.15, -0.1) is 0 Å². The fraction of sp³-hybridized carbons (Fsp3) is 0.182. The molecule has 0 spiro atoms. The molecule has 0 aliphatic heterocycles. The van der Waals surface area contributed by atoms with Gasteiger partial charge in [-0.2, -0.15) is 0 Å². The van der Waals surface area contributed by atoms with E-state index in [2.05, 4.69) is 10.3 Å². The maximum Gasteiger partial charge on any atom is 0.225 e. The number of carbonyl (C=O) groups excluding carboxylic acids is 1. The van der Waals surface area contributed by atoms with Crippen LogP contribution in [0.25, 0.3) is 11.0 Å². The molecule has 4 rings (SSSR count). The number of imidazole rings is 1. The number of hydrogen-bond donors (Lipinski definition) is 1. The molecule has 6 heteroatoms. The van der Waals surface area contributed by atoms with E-state index in [0.717, 1.165) is 28.1 Å². The Bertz CT molecular complexity index is 1100. The number of rotatable bonds is 6. The summed E-state index contributed by atoms with van der Waals surface area (Å²) in [6.07, 6.45) is 5.44. The fourth-order valence-corrected chi connectivity index (χ4v) is 3.31. The molecule has 0 fully saturated rings. The minimum atomic E-state index is -0.327.